The summed E-state index contributed by atoms with van der Waals surface area (Å²) >= 11 is 0. The number of carbonyl (C=O) groups excluding carboxylic acids is 1. The van der Waals surface area contributed by atoms with E-state index in [1.807, 2.05) is 18.2 Å². The van der Waals surface area contributed by atoms with Crippen LogP contribution in [0, 0.1) is 5.92 Å². The van der Waals surface area contributed by atoms with Gasteiger partial charge in [0.1, 0.15) is 5.75 Å². The average Bonchev–Trinajstić information content (AvgIpc) is 2.91. The van der Waals surface area contributed by atoms with Gasteiger partial charge in [0.25, 0.3) is 5.91 Å². The van der Waals surface area contributed by atoms with Crippen molar-refractivity contribution in [3.8, 4) is 5.75 Å². The smallest absolute Gasteiger partial charge is 0.254 e. The van der Waals surface area contributed by atoms with Crippen LogP contribution in [0.25, 0.3) is 0 Å². The van der Waals surface area contributed by atoms with Crippen molar-refractivity contribution < 1.29 is 9.53 Å². The molecule has 1 amide bonds. The maximum absolute atomic E-state index is 11.9. The SMILES string of the molecule is Cn1cc(C(=O)NC[C@H]2COc3ccccc3C2)cn1. The number of carbonyl (C=O) groups is 1. The zero-order valence-electron chi connectivity index (χ0n) is 11.4. The highest BCUT2D eigenvalue weighted by atomic mass is 16.5. The van der Waals surface area contributed by atoms with Crippen LogP contribution in [0.3, 0.4) is 0 Å². The second-order valence-electron chi connectivity index (χ2n) is 5.10. The van der Waals surface area contributed by atoms with Crippen LogP contribution in [0.4, 0.5) is 0 Å². The monoisotopic (exact) mass is 271 g/mol. The molecule has 0 unspecified atom stereocenters. The maximum Gasteiger partial charge on any atom is 0.254 e. The summed E-state index contributed by atoms with van der Waals surface area (Å²) in [6.45, 7) is 1.26. The quantitative estimate of drug-likeness (QED) is 0.918. The molecule has 0 saturated heterocycles. The number of ether oxygens (including phenoxy) is 1. The Labute approximate surface area is 117 Å². The molecular formula is C15H17N3O2. The average molecular weight is 271 g/mol. The van der Waals surface area contributed by atoms with Gasteiger partial charge in [0.15, 0.2) is 0 Å². The summed E-state index contributed by atoms with van der Waals surface area (Å²) in [4.78, 5) is 11.9. The van der Waals surface area contributed by atoms with E-state index in [1.54, 1.807) is 24.1 Å². The van der Waals surface area contributed by atoms with E-state index >= 15 is 0 Å². The van der Waals surface area contributed by atoms with Crippen molar-refractivity contribution >= 4 is 5.91 Å². The van der Waals surface area contributed by atoms with Gasteiger partial charge in [-0.1, -0.05) is 18.2 Å². The molecule has 0 fully saturated rings. The molecule has 104 valence electrons. The van der Waals surface area contributed by atoms with E-state index in [-0.39, 0.29) is 5.91 Å². The molecule has 0 spiro atoms. The lowest BCUT2D eigenvalue weighted by Gasteiger charge is -2.25. The Kier molecular flexibility index (Phi) is 3.41. The Bertz CT molecular complexity index is 621. The van der Waals surface area contributed by atoms with Gasteiger partial charge in [-0.05, 0) is 18.1 Å². The second-order valence-corrected chi connectivity index (χ2v) is 5.10. The van der Waals surface area contributed by atoms with Gasteiger partial charge < -0.3 is 10.1 Å². The maximum atomic E-state index is 11.9. The standard InChI is InChI=1S/C15H17N3O2/c1-18-9-13(8-17-18)15(19)16-7-11-6-12-4-2-3-5-14(12)20-10-11/h2-5,8-9,11H,6-7,10H2,1H3,(H,16,19)/t11-/m0/s1. The summed E-state index contributed by atoms with van der Waals surface area (Å²) in [5.41, 5.74) is 1.80. The number of para-hydroxylation sites is 1. The van der Waals surface area contributed by atoms with E-state index in [1.165, 1.54) is 5.56 Å². The molecule has 0 radical (unpaired) electrons. The van der Waals surface area contributed by atoms with E-state index in [9.17, 15) is 4.79 Å². The number of hydrogen-bond acceptors (Lipinski definition) is 3. The summed E-state index contributed by atoms with van der Waals surface area (Å²) < 4.78 is 7.33. The Hall–Kier alpha value is -2.30. The first-order valence-corrected chi connectivity index (χ1v) is 6.70. The minimum Gasteiger partial charge on any atom is -0.493 e. The van der Waals surface area contributed by atoms with Crippen molar-refractivity contribution in [3.63, 3.8) is 0 Å². The highest BCUT2D eigenvalue weighted by Gasteiger charge is 2.20. The van der Waals surface area contributed by atoms with Crippen LogP contribution in [-0.4, -0.2) is 28.8 Å². The molecule has 1 aromatic heterocycles. The molecule has 3 rings (SSSR count). The molecular weight excluding hydrogens is 254 g/mol. The molecule has 0 saturated carbocycles. The third kappa shape index (κ3) is 2.66. The molecule has 0 aliphatic carbocycles. The molecule has 20 heavy (non-hydrogen) atoms. The fraction of sp³-hybridized carbons (Fsp3) is 0.333. The van der Waals surface area contributed by atoms with Crippen LogP contribution in [-0.2, 0) is 13.5 Å². The first-order chi connectivity index (χ1) is 9.72. The predicted molar refractivity (Wildman–Crippen MR) is 74.7 cm³/mol. The van der Waals surface area contributed by atoms with Crippen LogP contribution < -0.4 is 10.1 Å². The Morgan fingerprint density at radius 3 is 3.15 bits per heavy atom. The van der Waals surface area contributed by atoms with Crippen molar-refractivity contribution in [1.82, 2.24) is 15.1 Å². The fourth-order valence-corrected chi connectivity index (χ4v) is 2.40. The zero-order valence-corrected chi connectivity index (χ0v) is 11.4. The molecule has 2 heterocycles. The Morgan fingerprint density at radius 1 is 1.50 bits per heavy atom. The summed E-state index contributed by atoms with van der Waals surface area (Å²) in [5, 5.41) is 6.93. The Morgan fingerprint density at radius 2 is 2.35 bits per heavy atom. The molecule has 1 aromatic carbocycles. The summed E-state index contributed by atoms with van der Waals surface area (Å²) in [6.07, 6.45) is 4.22. The van der Waals surface area contributed by atoms with E-state index in [4.69, 9.17) is 4.74 Å². The lowest BCUT2D eigenvalue weighted by molar-refractivity contribution is 0.0939. The highest BCUT2D eigenvalue weighted by Crippen LogP contribution is 2.26. The number of amides is 1. The molecule has 0 bridgehead atoms. The largest absolute Gasteiger partial charge is 0.493 e. The number of fused-ring (bicyclic) bond motifs is 1. The van der Waals surface area contributed by atoms with Crippen molar-refractivity contribution in [2.75, 3.05) is 13.2 Å². The van der Waals surface area contributed by atoms with Gasteiger partial charge in [-0.2, -0.15) is 5.10 Å². The minimum absolute atomic E-state index is 0.0861. The van der Waals surface area contributed by atoms with Crippen molar-refractivity contribution in [1.29, 1.82) is 0 Å². The number of benzene rings is 1. The first-order valence-electron chi connectivity index (χ1n) is 6.70. The lowest BCUT2D eigenvalue weighted by atomic mass is 9.97. The fourth-order valence-electron chi connectivity index (χ4n) is 2.40. The number of aromatic nitrogens is 2. The summed E-state index contributed by atoms with van der Waals surface area (Å²) in [5.74, 6) is 1.19. The number of rotatable bonds is 3. The molecule has 1 atom stereocenters. The Balaban J connectivity index is 1.56. The van der Waals surface area contributed by atoms with E-state index in [0.717, 1.165) is 12.2 Å². The van der Waals surface area contributed by atoms with E-state index < -0.39 is 0 Å². The van der Waals surface area contributed by atoms with Gasteiger partial charge in [0, 0.05) is 25.7 Å². The van der Waals surface area contributed by atoms with Gasteiger partial charge in [-0.15, -0.1) is 0 Å². The molecule has 5 nitrogen and oxygen atoms in total. The van der Waals surface area contributed by atoms with Crippen molar-refractivity contribution in [2.24, 2.45) is 13.0 Å². The zero-order chi connectivity index (χ0) is 13.9. The topological polar surface area (TPSA) is 56.2 Å². The molecule has 2 aromatic rings. The minimum atomic E-state index is -0.0861. The molecule has 1 aliphatic heterocycles. The van der Waals surface area contributed by atoms with E-state index in [2.05, 4.69) is 16.5 Å². The third-order valence-corrected chi connectivity index (χ3v) is 3.47. The summed E-state index contributed by atoms with van der Waals surface area (Å²) in [7, 11) is 1.79. The summed E-state index contributed by atoms with van der Waals surface area (Å²) in [6, 6.07) is 8.05. The van der Waals surface area contributed by atoms with Crippen LogP contribution in [0.1, 0.15) is 15.9 Å². The van der Waals surface area contributed by atoms with Crippen LogP contribution in [0.2, 0.25) is 0 Å². The molecule has 1 N–H and O–H groups in total. The van der Waals surface area contributed by atoms with Crippen molar-refractivity contribution in [2.45, 2.75) is 6.42 Å². The second kappa shape index (κ2) is 5.36. The van der Waals surface area contributed by atoms with Crippen LogP contribution >= 0.6 is 0 Å². The lowest BCUT2D eigenvalue weighted by Crippen LogP contribution is -2.34. The van der Waals surface area contributed by atoms with Gasteiger partial charge in [0.05, 0.1) is 18.4 Å². The number of nitrogens with one attached hydrogen (secondary N) is 1. The molecule has 5 heteroatoms. The van der Waals surface area contributed by atoms with Crippen LogP contribution in [0.15, 0.2) is 36.7 Å². The predicted octanol–water partition coefficient (Wildman–Crippen LogP) is 1.40. The van der Waals surface area contributed by atoms with E-state index in [0.29, 0.717) is 24.6 Å². The molecule has 1 aliphatic rings. The third-order valence-electron chi connectivity index (χ3n) is 3.47. The van der Waals surface area contributed by atoms with Crippen molar-refractivity contribution in [3.05, 3.63) is 47.8 Å². The number of aryl methyl sites for hydroxylation is 1. The van der Waals surface area contributed by atoms with Gasteiger partial charge in [0.2, 0.25) is 0 Å². The van der Waals surface area contributed by atoms with Crippen LogP contribution in [0.5, 0.6) is 5.75 Å². The van der Waals surface area contributed by atoms with Gasteiger partial charge >= 0.3 is 0 Å². The van der Waals surface area contributed by atoms with Gasteiger partial charge in [-0.3, -0.25) is 9.48 Å². The number of nitrogens with zero attached hydrogens (tertiary/aromatic N) is 2. The van der Waals surface area contributed by atoms with Gasteiger partial charge in [-0.25, -0.2) is 0 Å². The first kappa shape index (κ1) is 12.7. The number of hydrogen-bond donors (Lipinski definition) is 1. The highest BCUT2D eigenvalue weighted by molar-refractivity contribution is 5.93. The normalized spacial score (nSPS) is 17.1.